The molecular weight excluding hydrogens is 289 g/mol. The lowest BCUT2D eigenvalue weighted by Crippen LogP contribution is -2.53. The Morgan fingerprint density at radius 1 is 1.10 bits per heavy atom. The van der Waals surface area contributed by atoms with Crippen LogP contribution in [-0.2, 0) is 0 Å². The van der Waals surface area contributed by atoms with Gasteiger partial charge in [-0.2, -0.15) is 0 Å². The molecule has 0 amide bonds. The zero-order valence-corrected chi connectivity index (χ0v) is 13.9. The van der Waals surface area contributed by atoms with Crippen LogP contribution in [0.25, 0.3) is 0 Å². The van der Waals surface area contributed by atoms with E-state index in [0.717, 1.165) is 16.9 Å². The maximum Gasteiger partial charge on any atom is 0.0408 e. The Morgan fingerprint density at radius 3 is 2.25 bits per heavy atom. The van der Waals surface area contributed by atoms with Crippen LogP contribution < -0.4 is 5.73 Å². The zero-order valence-electron chi connectivity index (χ0n) is 12.3. The van der Waals surface area contributed by atoms with Gasteiger partial charge in [0.05, 0.1) is 0 Å². The van der Waals surface area contributed by atoms with Crippen LogP contribution >= 0.6 is 24.0 Å². The van der Waals surface area contributed by atoms with E-state index in [0.29, 0.717) is 11.8 Å². The molecule has 2 N–H and O–H groups in total. The van der Waals surface area contributed by atoms with Crippen molar-refractivity contribution >= 4 is 24.0 Å². The molecule has 0 spiro atoms. The van der Waals surface area contributed by atoms with Gasteiger partial charge in [0.15, 0.2) is 0 Å². The molecule has 3 heteroatoms. The third-order valence-electron chi connectivity index (χ3n) is 5.31. The summed E-state index contributed by atoms with van der Waals surface area (Å²) in [7, 11) is 0. The Balaban J connectivity index is 0.00000147. The number of hydrogen-bond acceptors (Lipinski definition) is 1. The fourth-order valence-corrected chi connectivity index (χ4v) is 4.91. The van der Waals surface area contributed by atoms with Gasteiger partial charge in [-0.1, -0.05) is 23.7 Å². The first kappa shape index (κ1) is 16.1. The standard InChI is InChI=1S/C17H24ClN.ClH/c1-17(2,19)16-12-8-6-11(7-9-12)15(16)13-4-3-5-14(18)10-13;/h3-5,10-12,15-16H,6-9,19H2,1-2H3;1H. The molecule has 1 aromatic rings. The Morgan fingerprint density at radius 2 is 1.70 bits per heavy atom. The van der Waals surface area contributed by atoms with Crippen molar-refractivity contribution < 1.29 is 0 Å². The normalized spacial score (nSPS) is 32.8. The number of rotatable bonds is 2. The lowest BCUT2D eigenvalue weighted by molar-refractivity contribution is 0.0264. The Labute approximate surface area is 133 Å². The number of hydrogen-bond donors (Lipinski definition) is 1. The molecule has 0 aliphatic heterocycles. The highest BCUT2D eigenvalue weighted by atomic mass is 35.5. The number of halogens is 2. The summed E-state index contributed by atoms with van der Waals surface area (Å²) >= 11 is 6.20. The fourth-order valence-electron chi connectivity index (χ4n) is 4.71. The van der Waals surface area contributed by atoms with Crippen molar-refractivity contribution in [1.82, 2.24) is 0 Å². The van der Waals surface area contributed by atoms with Crippen LogP contribution in [0.3, 0.4) is 0 Å². The fraction of sp³-hybridized carbons (Fsp3) is 0.647. The topological polar surface area (TPSA) is 26.0 Å². The highest BCUT2D eigenvalue weighted by Gasteiger charge is 2.48. The predicted octanol–water partition coefficient (Wildman–Crippen LogP) is 5.02. The van der Waals surface area contributed by atoms with Crippen molar-refractivity contribution in [2.75, 3.05) is 0 Å². The van der Waals surface area contributed by atoms with Crippen molar-refractivity contribution in [2.45, 2.75) is 51.0 Å². The third kappa shape index (κ3) is 2.86. The maximum absolute atomic E-state index is 6.53. The molecule has 0 radical (unpaired) electrons. The van der Waals surface area contributed by atoms with Crippen LogP contribution in [0.5, 0.6) is 0 Å². The number of nitrogens with two attached hydrogens (primary N) is 1. The zero-order chi connectivity index (χ0) is 13.6. The molecule has 1 aromatic carbocycles. The van der Waals surface area contributed by atoms with E-state index in [9.17, 15) is 0 Å². The SMILES string of the molecule is CC(C)(N)C1C2CCC(CC2)C1c1cccc(Cl)c1.Cl. The summed E-state index contributed by atoms with van der Waals surface area (Å²) in [6, 6.07) is 8.46. The van der Waals surface area contributed by atoms with Gasteiger partial charge >= 0.3 is 0 Å². The van der Waals surface area contributed by atoms with E-state index < -0.39 is 0 Å². The maximum atomic E-state index is 6.53. The average Bonchev–Trinajstić information content (AvgIpc) is 2.38. The molecule has 1 nitrogen and oxygen atoms in total. The summed E-state index contributed by atoms with van der Waals surface area (Å²) in [6.07, 6.45) is 5.48. The van der Waals surface area contributed by atoms with E-state index >= 15 is 0 Å². The van der Waals surface area contributed by atoms with Gasteiger partial charge in [0.2, 0.25) is 0 Å². The minimum Gasteiger partial charge on any atom is -0.325 e. The molecule has 3 saturated carbocycles. The molecule has 4 rings (SSSR count). The highest BCUT2D eigenvalue weighted by molar-refractivity contribution is 6.30. The molecule has 3 aliphatic carbocycles. The summed E-state index contributed by atoms with van der Waals surface area (Å²) < 4.78 is 0. The van der Waals surface area contributed by atoms with E-state index in [1.807, 2.05) is 6.07 Å². The van der Waals surface area contributed by atoms with Gasteiger partial charge in [-0.05, 0) is 80.9 Å². The van der Waals surface area contributed by atoms with Gasteiger partial charge < -0.3 is 5.73 Å². The van der Waals surface area contributed by atoms with Crippen molar-refractivity contribution in [3.63, 3.8) is 0 Å². The summed E-state index contributed by atoms with van der Waals surface area (Å²) in [6.45, 7) is 4.41. The minimum absolute atomic E-state index is 0. The Hall–Kier alpha value is -0.240. The molecule has 2 atom stereocenters. The van der Waals surface area contributed by atoms with Gasteiger partial charge in [-0.15, -0.1) is 12.4 Å². The Kier molecular flexibility index (Phi) is 4.73. The summed E-state index contributed by atoms with van der Waals surface area (Å²) in [5.74, 6) is 2.80. The first-order valence-electron chi connectivity index (χ1n) is 7.51. The molecule has 0 heterocycles. The molecule has 3 fully saturated rings. The first-order chi connectivity index (χ1) is 8.97. The first-order valence-corrected chi connectivity index (χ1v) is 7.89. The van der Waals surface area contributed by atoms with E-state index in [2.05, 4.69) is 32.0 Å². The van der Waals surface area contributed by atoms with Crippen LogP contribution in [-0.4, -0.2) is 5.54 Å². The molecule has 2 unspecified atom stereocenters. The van der Waals surface area contributed by atoms with Gasteiger partial charge in [0, 0.05) is 10.6 Å². The van der Waals surface area contributed by atoms with Crippen molar-refractivity contribution in [2.24, 2.45) is 23.5 Å². The molecule has 0 aromatic heterocycles. The number of benzene rings is 1. The highest BCUT2D eigenvalue weighted by Crippen LogP contribution is 2.56. The quantitative estimate of drug-likeness (QED) is 0.815. The second-order valence-electron chi connectivity index (χ2n) is 7.10. The second-order valence-corrected chi connectivity index (χ2v) is 7.54. The van der Waals surface area contributed by atoms with Gasteiger partial charge in [0.25, 0.3) is 0 Å². The van der Waals surface area contributed by atoms with E-state index in [-0.39, 0.29) is 17.9 Å². The van der Waals surface area contributed by atoms with Crippen LogP contribution in [0, 0.1) is 17.8 Å². The molecular formula is C17H25Cl2N. The monoisotopic (exact) mass is 313 g/mol. The lowest BCUT2D eigenvalue weighted by Gasteiger charge is -2.54. The van der Waals surface area contributed by atoms with Crippen molar-refractivity contribution in [3.05, 3.63) is 34.9 Å². The van der Waals surface area contributed by atoms with Crippen LogP contribution in [0.1, 0.15) is 51.0 Å². The molecule has 20 heavy (non-hydrogen) atoms. The summed E-state index contributed by atoms with van der Waals surface area (Å²) in [4.78, 5) is 0. The third-order valence-corrected chi connectivity index (χ3v) is 5.55. The summed E-state index contributed by atoms with van der Waals surface area (Å²) in [5.41, 5.74) is 7.84. The van der Waals surface area contributed by atoms with Crippen LogP contribution in [0.4, 0.5) is 0 Å². The lowest BCUT2D eigenvalue weighted by atomic mass is 9.52. The van der Waals surface area contributed by atoms with E-state index in [4.69, 9.17) is 17.3 Å². The predicted molar refractivity (Wildman–Crippen MR) is 88.6 cm³/mol. The van der Waals surface area contributed by atoms with Crippen LogP contribution in [0.15, 0.2) is 24.3 Å². The molecule has 2 bridgehead atoms. The number of fused-ring (bicyclic) bond motifs is 3. The second kappa shape index (κ2) is 5.87. The average molecular weight is 314 g/mol. The molecule has 3 aliphatic rings. The molecule has 0 saturated heterocycles. The van der Waals surface area contributed by atoms with Gasteiger partial charge in [-0.3, -0.25) is 0 Å². The minimum atomic E-state index is -0.100. The Bertz CT molecular complexity index is 458. The van der Waals surface area contributed by atoms with Gasteiger partial charge in [0.1, 0.15) is 0 Å². The molecule has 112 valence electrons. The van der Waals surface area contributed by atoms with Gasteiger partial charge in [-0.25, -0.2) is 0 Å². The summed E-state index contributed by atoms with van der Waals surface area (Å²) in [5, 5.41) is 0.854. The van der Waals surface area contributed by atoms with E-state index in [1.165, 1.54) is 31.2 Å². The van der Waals surface area contributed by atoms with E-state index in [1.54, 1.807) is 0 Å². The smallest absolute Gasteiger partial charge is 0.0408 e. The largest absolute Gasteiger partial charge is 0.325 e. The van der Waals surface area contributed by atoms with Crippen molar-refractivity contribution in [1.29, 1.82) is 0 Å². The van der Waals surface area contributed by atoms with Crippen molar-refractivity contribution in [3.8, 4) is 0 Å². The van der Waals surface area contributed by atoms with Crippen LogP contribution in [0.2, 0.25) is 5.02 Å².